The van der Waals surface area contributed by atoms with Crippen molar-refractivity contribution in [2.45, 2.75) is 6.92 Å². The van der Waals surface area contributed by atoms with Gasteiger partial charge in [0.1, 0.15) is 6.54 Å². The van der Waals surface area contributed by atoms with Gasteiger partial charge in [-0.15, -0.1) is 11.3 Å². The van der Waals surface area contributed by atoms with Crippen molar-refractivity contribution in [3.05, 3.63) is 28.5 Å². The number of hydrogen-bond donors (Lipinski definition) is 1. The monoisotopic (exact) mass is 239 g/mol. The van der Waals surface area contributed by atoms with E-state index in [0.29, 0.717) is 6.54 Å². The van der Waals surface area contributed by atoms with Gasteiger partial charge >= 0.3 is 5.97 Å². The molecule has 0 radical (unpaired) electrons. The summed E-state index contributed by atoms with van der Waals surface area (Å²) >= 11 is 1.52. The van der Waals surface area contributed by atoms with Gasteiger partial charge in [-0.1, -0.05) is 6.07 Å². The van der Waals surface area contributed by atoms with E-state index < -0.39 is 5.97 Å². The van der Waals surface area contributed by atoms with Gasteiger partial charge < -0.3 is 10.0 Å². The van der Waals surface area contributed by atoms with E-state index in [0.717, 1.165) is 4.88 Å². The number of carboxylic acids is 1. The predicted molar refractivity (Wildman–Crippen MR) is 63.2 cm³/mol. The molecule has 1 rings (SSSR count). The van der Waals surface area contributed by atoms with Crippen LogP contribution in [0.4, 0.5) is 0 Å². The van der Waals surface area contributed by atoms with E-state index in [4.69, 9.17) is 5.11 Å². The second-order valence-corrected chi connectivity index (χ2v) is 4.07. The summed E-state index contributed by atoms with van der Waals surface area (Å²) in [7, 11) is 0. The van der Waals surface area contributed by atoms with Gasteiger partial charge in [-0.25, -0.2) is 0 Å². The summed E-state index contributed by atoms with van der Waals surface area (Å²) < 4.78 is 0. The fourth-order valence-electron chi connectivity index (χ4n) is 1.15. The highest BCUT2D eigenvalue weighted by Gasteiger charge is 2.11. The minimum absolute atomic E-state index is 0.260. The number of aliphatic carboxylic acids is 1. The van der Waals surface area contributed by atoms with Crippen LogP contribution >= 0.6 is 11.3 Å². The molecule has 1 aromatic rings. The van der Waals surface area contributed by atoms with E-state index in [2.05, 4.69) is 0 Å². The van der Waals surface area contributed by atoms with E-state index in [1.54, 1.807) is 13.0 Å². The van der Waals surface area contributed by atoms with Crippen molar-refractivity contribution in [2.75, 3.05) is 13.1 Å². The van der Waals surface area contributed by atoms with Crippen molar-refractivity contribution in [1.82, 2.24) is 4.90 Å². The molecular weight excluding hydrogens is 226 g/mol. The molecule has 1 aromatic heterocycles. The maximum absolute atomic E-state index is 11.6. The lowest BCUT2D eigenvalue weighted by Gasteiger charge is -2.15. The second-order valence-electron chi connectivity index (χ2n) is 3.09. The Balaban J connectivity index is 2.59. The first kappa shape index (κ1) is 12.4. The van der Waals surface area contributed by atoms with Gasteiger partial charge in [0, 0.05) is 17.5 Å². The first-order chi connectivity index (χ1) is 7.63. The number of carboxylic acid groups (broad SMARTS) is 1. The molecule has 1 heterocycles. The van der Waals surface area contributed by atoms with E-state index in [1.807, 2.05) is 17.5 Å². The number of rotatable bonds is 5. The third-order valence-corrected chi connectivity index (χ3v) is 2.79. The fourth-order valence-corrected chi connectivity index (χ4v) is 1.77. The smallest absolute Gasteiger partial charge is 0.323 e. The van der Waals surface area contributed by atoms with Crippen LogP contribution in [-0.4, -0.2) is 35.0 Å². The van der Waals surface area contributed by atoms with Gasteiger partial charge in [-0.3, -0.25) is 9.59 Å². The molecule has 1 amide bonds. The minimum Gasteiger partial charge on any atom is -0.480 e. The van der Waals surface area contributed by atoms with Gasteiger partial charge in [-0.05, 0) is 24.4 Å². The summed E-state index contributed by atoms with van der Waals surface area (Å²) in [5.41, 5.74) is 0. The Kier molecular flexibility index (Phi) is 4.72. The van der Waals surface area contributed by atoms with Crippen molar-refractivity contribution in [2.24, 2.45) is 0 Å². The molecule has 0 bridgehead atoms. The number of hydrogen-bond acceptors (Lipinski definition) is 3. The Hall–Kier alpha value is -1.62. The molecule has 0 saturated carbocycles. The Morgan fingerprint density at radius 2 is 2.31 bits per heavy atom. The molecule has 0 unspecified atom stereocenters. The average Bonchev–Trinajstić information content (AvgIpc) is 2.75. The van der Waals surface area contributed by atoms with Crippen molar-refractivity contribution in [3.8, 4) is 0 Å². The van der Waals surface area contributed by atoms with Gasteiger partial charge in [0.25, 0.3) is 0 Å². The topological polar surface area (TPSA) is 57.6 Å². The van der Waals surface area contributed by atoms with Crippen molar-refractivity contribution in [3.63, 3.8) is 0 Å². The Morgan fingerprint density at radius 1 is 1.56 bits per heavy atom. The standard InChI is InChI=1S/C11H13NO3S/c1-2-12(8-11(14)15)10(13)6-5-9-4-3-7-16-9/h3-7H,2,8H2,1H3,(H,14,15)/b6-5+. The highest BCUT2D eigenvalue weighted by molar-refractivity contribution is 7.10. The van der Waals surface area contributed by atoms with Crippen LogP contribution in [0, 0.1) is 0 Å². The van der Waals surface area contributed by atoms with Crippen LogP contribution in [0.2, 0.25) is 0 Å². The Bertz CT molecular complexity index is 384. The van der Waals surface area contributed by atoms with E-state index in [-0.39, 0.29) is 12.5 Å². The lowest BCUT2D eigenvalue weighted by molar-refractivity contribution is -0.142. The zero-order chi connectivity index (χ0) is 12.0. The number of amides is 1. The van der Waals surface area contributed by atoms with Gasteiger partial charge in [0.15, 0.2) is 0 Å². The van der Waals surface area contributed by atoms with Gasteiger partial charge in [-0.2, -0.15) is 0 Å². The van der Waals surface area contributed by atoms with Crippen LogP contribution in [-0.2, 0) is 9.59 Å². The maximum atomic E-state index is 11.6. The van der Waals surface area contributed by atoms with Crippen LogP contribution in [0.15, 0.2) is 23.6 Å². The quantitative estimate of drug-likeness (QED) is 0.795. The molecule has 16 heavy (non-hydrogen) atoms. The Morgan fingerprint density at radius 3 is 2.81 bits per heavy atom. The Labute approximate surface area is 97.8 Å². The van der Waals surface area contributed by atoms with Crippen LogP contribution in [0.3, 0.4) is 0 Å². The number of nitrogens with zero attached hydrogens (tertiary/aromatic N) is 1. The van der Waals surface area contributed by atoms with Crippen LogP contribution < -0.4 is 0 Å². The normalized spacial score (nSPS) is 10.6. The van der Waals surface area contributed by atoms with Crippen molar-refractivity contribution < 1.29 is 14.7 Å². The van der Waals surface area contributed by atoms with Crippen LogP contribution in [0.5, 0.6) is 0 Å². The van der Waals surface area contributed by atoms with Gasteiger partial charge in [0.2, 0.25) is 5.91 Å². The first-order valence-electron chi connectivity index (χ1n) is 4.85. The second kappa shape index (κ2) is 6.07. The van der Waals surface area contributed by atoms with E-state index >= 15 is 0 Å². The minimum atomic E-state index is -1.00. The molecule has 0 aliphatic carbocycles. The summed E-state index contributed by atoms with van der Waals surface area (Å²) in [6, 6.07) is 3.78. The summed E-state index contributed by atoms with van der Waals surface area (Å²) in [6.45, 7) is 1.88. The molecule has 5 heteroatoms. The van der Waals surface area contributed by atoms with E-state index in [1.165, 1.54) is 22.3 Å². The van der Waals surface area contributed by atoms with Crippen LogP contribution in [0.25, 0.3) is 6.08 Å². The number of carbonyl (C=O) groups is 2. The van der Waals surface area contributed by atoms with Gasteiger partial charge in [0.05, 0.1) is 0 Å². The predicted octanol–water partition coefficient (Wildman–Crippen LogP) is 1.69. The largest absolute Gasteiger partial charge is 0.480 e. The summed E-state index contributed by atoms with van der Waals surface area (Å²) in [4.78, 5) is 24.3. The third-order valence-electron chi connectivity index (χ3n) is 1.95. The SMILES string of the molecule is CCN(CC(=O)O)C(=O)/C=C/c1cccs1. The number of likely N-dealkylation sites (N-methyl/N-ethyl adjacent to an activating group) is 1. The third kappa shape index (κ3) is 3.86. The van der Waals surface area contributed by atoms with Crippen LogP contribution in [0.1, 0.15) is 11.8 Å². The molecule has 1 N–H and O–H groups in total. The molecule has 0 fully saturated rings. The average molecular weight is 239 g/mol. The van der Waals surface area contributed by atoms with Crippen molar-refractivity contribution >= 4 is 29.3 Å². The molecule has 0 atom stereocenters. The number of thiophene rings is 1. The highest BCUT2D eigenvalue weighted by atomic mass is 32.1. The molecule has 4 nitrogen and oxygen atoms in total. The molecule has 86 valence electrons. The maximum Gasteiger partial charge on any atom is 0.323 e. The lowest BCUT2D eigenvalue weighted by atomic mass is 10.3. The summed E-state index contributed by atoms with van der Waals surface area (Å²) in [5, 5.41) is 10.5. The molecular formula is C11H13NO3S. The summed E-state index contributed by atoms with van der Waals surface area (Å²) in [6.07, 6.45) is 3.09. The molecule has 0 saturated heterocycles. The molecule has 0 spiro atoms. The van der Waals surface area contributed by atoms with Crippen molar-refractivity contribution in [1.29, 1.82) is 0 Å². The lowest BCUT2D eigenvalue weighted by Crippen LogP contribution is -2.34. The molecule has 0 aliphatic heterocycles. The molecule has 0 aliphatic rings. The highest BCUT2D eigenvalue weighted by Crippen LogP contribution is 2.10. The number of carbonyl (C=O) groups excluding carboxylic acids is 1. The zero-order valence-corrected chi connectivity index (χ0v) is 9.74. The summed E-state index contributed by atoms with van der Waals surface area (Å²) in [5.74, 6) is -1.28. The molecule has 0 aromatic carbocycles. The first-order valence-corrected chi connectivity index (χ1v) is 5.73. The van der Waals surface area contributed by atoms with E-state index in [9.17, 15) is 9.59 Å². The fraction of sp³-hybridized carbons (Fsp3) is 0.273. The zero-order valence-electron chi connectivity index (χ0n) is 8.92.